The first-order valence-electron chi connectivity index (χ1n) is 10.7. The molecule has 0 aromatic heterocycles. The Morgan fingerprint density at radius 1 is 0.815 bits per heavy atom. The molecule has 3 aliphatic rings. The topological polar surface area (TPSA) is 56.3 Å². The zero-order valence-electron chi connectivity index (χ0n) is 16.9. The van der Waals surface area contributed by atoms with Crippen LogP contribution in [0.3, 0.4) is 0 Å². The van der Waals surface area contributed by atoms with Crippen molar-refractivity contribution in [2.45, 2.75) is 32.1 Å². The van der Waals surface area contributed by atoms with E-state index in [2.05, 4.69) is 14.7 Å². The molecule has 27 heavy (non-hydrogen) atoms. The Hall–Kier alpha value is -1.18. The number of nitrogens with zero attached hydrogens (tertiary/aromatic N) is 4. The fourth-order valence-corrected chi connectivity index (χ4v) is 4.49. The Bertz CT molecular complexity index is 488. The lowest BCUT2D eigenvalue weighted by atomic mass is 9.95. The van der Waals surface area contributed by atoms with Crippen LogP contribution in [0.5, 0.6) is 0 Å². The van der Waals surface area contributed by atoms with Crippen molar-refractivity contribution in [3.05, 3.63) is 0 Å². The average molecular weight is 381 g/mol. The van der Waals surface area contributed by atoms with E-state index >= 15 is 0 Å². The van der Waals surface area contributed by atoms with E-state index in [4.69, 9.17) is 4.74 Å². The summed E-state index contributed by atoms with van der Waals surface area (Å²) in [6.45, 7) is 9.37. The van der Waals surface area contributed by atoms with E-state index in [0.29, 0.717) is 12.5 Å². The molecule has 0 bridgehead atoms. The summed E-state index contributed by atoms with van der Waals surface area (Å²) >= 11 is 0. The molecule has 0 radical (unpaired) electrons. The molecule has 0 aromatic rings. The first-order valence-corrected chi connectivity index (χ1v) is 10.7. The number of carbonyl (C=O) groups excluding carboxylic acids is 2. The third-order valence-electron chi connectivity index (χ3n) is 6.27. The minimum absolute atomic E-state index is 0.168. The monoisotopic (exact) mass is 380 g/mol. The van der Waals surface area contributed by atoms with Gasteiger partial charge in [0.15, 0.2) is 0 Å². The quantitative estimate of drug-likeness (QED) is 0.672. The van der Waals surface area contributed by atoms with Crippen LogP contribution in [0.1, 0.15) is 32.1 Å². The van der Waals surface area contributed by atoms with Gasteiger partial charge in [-0.3, -0.25) is 14.5 Å². The van der Waals surface area contributed by atoms with Gasteiger partial charge in [-0.05, 0) is 45.2 Å². The second-order valence-electron chi connectivity index (χ2n) is 8.15. The lowest BCUT2D eigenvalue weighted by Gasteiger charge is -2.33. The van der Waals surface area contributed by atoms with Gasteiger partial charge in [0, 0.05) is 58.8 Å². The number of likely N-dealkylation sites (tertiary alicyclic amines) is 2. The average Bonchev–Trinajstić information content (AvgIpc) is 3.14. The number of hydrogen-bond acceptors (Lipinski definition) is 5. The Labute approximate surface area is 163 Å². The summed E-state index contributed by atoms with van der Waals surface area (Å²) in [5.74, 6) is 0.756. The van der Waals surface area contributed by atoms with Gasteiger partial charge in [-0.1, -0.05) is 0 Å². The van der Waals surface area contributed by atoms with Crippen molar-refractivity contribution in [3.63, 3.8) is 0 Å². The summed E-state index contributed by atoms with van der Waals surface area (Å²) in [6, 6.07) is 0. The summed E-state index contributed by atoms with van der Waals surface area (Å²) in [7, 11) is 1.73. The second-order valence-corrected chi connectivity index (χ2v) is 8.15. The van der Waals surface area contributed by atoms with E-state index in [1.807, 2.05) is 4.90 Å². The fourth-order valence-electron chi connectivity index (χ4n) is 4.49. The molecule has 3 heterocycles. The van der Waals surface area contributed by atoms with E-state index in [-0.39, 0.29) is 11.8 Å². The third-order valence-corrected chi connectivity index (χ3v) is 6.27. The normalized spacial score (nSPS) is 23.6. The summed E-state index contributed by atoms with van der Waals surface area (Å²) in [5, 5.41) is 0. The van der Waals surface area contributed by atoms with E-state index in [1.165, 1.54) is 0 Å². The van der Waals surface area contributed by atoms with Crippen molar-refractivity contribution >= 4 is 11.8 Å². The molecule has 7 nitrogen and oxygen atoms in total. The molecule has 3 rings (SSSR count). The highest BCUT2D eigenvalue weighted by Crippen LogP contribution is 2.20. The van der Waals surface area contributed by atoms with Crippen LogP contribution in [-0.4, -0.2) is 111 Å². The number of amides is 2. The summed E-state index contributed by atoms with van der Waals surface area (Å²) in [6.07, 6.45) is 5.15. The first kappa shape index (κ1) is 20.6. The predicted octanol–water partition coefficient (Wildman–Crippen LogP) is 0.502. The van der Waals surface area contributed by atoms with Gasteiger partial charge in [0.2, 0.25) is 11.8 Å². The van der Waals surface area contributed by atoms with E-state index in [9.17, 15) is 9.59 Å². The van der Waals surface area contributed by atoms with Crippen molar-refractivity contribution in [3.8, 4) is 0 Å². The zero-order valence-corrected chi connectivity index (χ0v) is 16.9. The van der Waals surface area contributed by atoms with E-state index < -0.39 is 0 Å². The van der Waals surface area contributed by atoms with Gasteiger partial charge in [-0.2, -0.15) is 0 Å². The minimum Gasteiger partial charge on any atom is -0.383 e. The van der Waals surface area contributed by atoms with Crippen molar-refractivity contribution < 1.29 is 14.3 Å². The molecule has 0 N–H and O–H groups in total. The van der Waals surface area contributed by atoms with Crippen molar-refractivity contribution in [2.24, 2.45) is 5.92 Å². The Morgan fingerprint density at radius 2 is 1.52 bits per heavy atom. The van der Waals surface area contributed by atoms with Crippen molar-refractivity contribution in [1.82, 2.24) is 19.6 Å². The second kappa shape index (κ2) is 10.4. The Kier molecular flexibility index (Phi) is 7.91. The number of carbonyl (C=O) groups is 2. The standard InChI is InChI=1S/C20H36N4O3/c1-27-16-15-21-11-5-18(6-12-21)20(26)24-10-4-7-22(13-14-24)17-19(25)23-8-2-3-9-23/h18H,2-17H2,1H3. The summed E-state index contributed by atoms with van der Waals surface area (Å²) in [5.41, 5.74) is 0. The highest BCUT2D eigenvalue weighted by molar-refractivity contribution is 5.79. The minimum atomic E-state index is 0.168. The summed E-state index contributed by atoms with van der Waals surface area (Å²) < 4.78 is 5.15. The molecule has 0 atom stereocenters. The number of piperidine rings is 1. The van der Waals surface area contributed by atoms with E-state index in [0.717, 1.165) is 97.6 Å². The molecule has 7 heteroatoms. The number of methoxy groups -OCH3 is 1. The molecular weight excluding hydrogens is 344 g/mol. The SMILES string of the molecule is COCCN1CCC(C(=O)N2CCCN(CC(=O)N3CCCC3)CC2)CC1. The van der Waals surface area contributed by atoms with Crippen LogP contribution in [0.4, 0.5) is 0 Å². The van der Waals surface area contributed by atoms with Crippen LogP contribution in [0, 0.1) is 5.92 Å². The Balaban J connectivity index is 1.41. The van der Waals surface area contributed by atoms with Gasteiger partial charge in [-0.15, -0.1) is 0 Å². The molecule has 154 valence electrons. The molecule has 3 aliphatic heterocycles. The molecular formula is C20H36N4O3. The zero-order chi connectivity index (χ0) is 19.1. The maximum Gasteiger partial charge on any atom is 0.236 e. The van der Waals surface area contributed by atoms with Crippen LogP contribution in [0.15, 0.2) is 0 Å². The van der Waals surface area contributed by atoms with Gasteiger partial charge in [0.25, 0.3) is 0 Å². The molecule has 0 aliphatic carbocycles. The predicted molar refractivity (Wildman–Crippen MR) is 104 cm³/mol. The molecule has 0 saturated carbocycles. The van der Waals surface area contributed by atoms with Crippen molar-refractivity contribution in [1.29, 1.82) is 0 Å². The summed E-state index contributed by atoms with van der Waals surface area (Å²) in [4.78, 5) is 34.0. The van der Waals surface area contributed by atoms with E-state index in [1.54, 1.807) is 7.11 Å². The third kappa shape index (κ3) is 5.90. The van der Waals surface area contributed by atoms with Crippen LogP contribution < -0.4 is 0 Å². The smallest absolute Gasteiger partial charge is 0.236 e. The molecule has 0 spiro atoms. The van der Waals surface area contributed by atoms with Gasteiger partial charge in [-0.25, -0.2) is 0 Å². The highest BCUT2D eigenvalue weighted by Gasteiger charge is 2.30. The fraction of sp³-hybridized carbons (Fsp3) is 0.900. The molecule has 3 fully saturated rings. The lowest BCUT2D eigenvalue weighted by molar-refractivity contribution is -0.137. The van der Waals surface area contributed by atoms with Crippen molar-refractivity contribution in [2.75, 3.05) is 79.2 Å². The maximum atomic E-state index is 13.0. The Morgan fingerprint density at radius 3 is 2.22 bits per heavy atom. The van der Waals surface area contributed by atoms with Crippen LogP contribution in [-0.2, 0) is 14.3 Å². The van der Waals surface area contributed by atoms with Crippen LogP contribution >= 0.6 is 0 Å². The molecule has 0 aromatic carbocycles. The van der Waals surface area contributed by atoms with Gasteiger partial charge in [0.05, 0.1) is 13.2 Å². The largest absolute Gasteiger partial charge is 0.383 e. The maximum absolute atomic E-state index is 13.0. The van der Waals surface area contributed by atoms with Crippen LogP contribution in [0.2, 0.25) is 0 Å². The number of ether oxygens (including phenoxy) is 1. The van der Waals surface area contributed by atoms with Gasteiger partial charge in [0.1, 0.15) is 0 Å². The number of hydrogen-bond donors (Lipinski definition) is 0. The molecule has 0 unspecified atom stereocenters. The molecule has 2 amide bonds. The number of rotatable bonds is 6. The van der Waals surface area contributed by atoms with Crippen LogP contribution in [0.25, 0.3) is 0 Å². The first-order chi connectivity index (χ1) is 13.2. The highest BCUT2D eigenvalue weighted by atomic mass is 16.5. The van der Waals surface area contributed by atoms with Gasteiger partial charge < -0.3 is 19.4 Å². The lowest BCUT2D eigenvalue weighted by Crippen LogP contribution is -2.45. The molecule has 3 saturated heterocycles. The van der Waals surface area contributed by atoms with Gasteiger partial charge >= 0.3 is 0 Å².